The third kappa shape index (κ3) is 4.98. The Balaban J connectivity index is 0.00000192. The van der Waals surface area contributed by atoms with Gasteiger partial charge in [0.25, 0.3) is 0 Å². The maximum absolute atomic E-state index is 12.0. The molecular formula is C18H21ClN2O2. The van der Waals surface area contributed by atoms with Crippen molar-refractivity contribution in [1.82, 2.24) is 5.32 Å². The van der Waals surface area contributed by atoms with Gasteiger partial charge in [-0.3, -0.25) is 4.79 Å². The normalized spacial score (nSPS) is 16.4. The lowest BCUT2D eigenvalue weighted by atomic mass is 10.2. The average molecular weight is 333 g/mol. The van der Waals surface area contributed by atoms with Gasteiger partial charge in [0.1, 0.15) is 12.4 Å². The van der Waals surface area contributed by atoms with E-state index in [0.717, 1.165) is 36.4 Å². The number of hydrogen-bond donors (Lipinski definition) is 2. The molecule has 1 unspecified atom stereocenters. The van der Waals surface area contributed by atoms with Crippen LogP contribution in [0.3, 0.4) is 0 Å². The van der Waals surface area contributed by atoms with Gasteiger partial charge in [-0.2, -0.15) is 0 Å². The summed E-state index contributed by atoms with van der Waals surface area (Å²) >= 11 is 0. The Bertz CT molecular complexity index is 611. The quantitative estimate of drug-likeness (QED) is 0.882. The summed E-state index contributed by atoms with van der Waals surface area (Å²) in [5.41, 5.74) is 1.89. The third-order valence-electron chi connectivity index (χ3n) is 3.75. The smallest absolute Gasteiger partial charge is 0.241 e. The van der Waals surface area contributed by atoms with E-state index in [9.17, 15) is 4.79 Å². The molecule has 2 N–H and O–H groups in total. The molecule has 0 saturated carbocycles. The lowest BCUT2D eigenvalue weighted by Gasteiger charge is -2.11. The summed E-state index contributed by atoms with van der Waals surface area (Å²) in [5.74, 6) is 0.901. The molecule has 1 amide bonds. The van der Waals surface area contributed by atoms with E-state index in [0.29, 0.717) is 6.61 Å². The first-order valence-electron chi connectivity index (χ1n) is 7.62. The number of carbonyl (C=O) groups excluding carboxylic acids is 1. The highest BCUT2D eigenvalue weighted by Crippen LogP contribution is 2.15. The van der Waals surface area contributed by atoms with Gasteiger partial charge in [0.2, 0.25) is 5.91 Å². The Morgan fingerprint density at radius 3 is 2.52 bits per heavy atom. The van der Waals surface area contributed by atoms with Gasteiger partial charge in [0.15, 0.2) is 0 Å². The molecule has 2 aromatic rings. The van der Waals surface area contributed by atoms with Gasteiger partial charge in [-0.15, -0.1) is 12.4 Å². The molecule has 1 aliphatic rings. The second-order valence-electron chi connectivity index (χ2n) is 5.44. The van der Waals surface area contributed by atoms with Crippen LogP contribution in [0.15, 0.2) is 54.6 Å². The van der Waals surface area contributed by atoms with Gasteiger partial charge in [-0.25, -0.2) is 0 Å². The maximum atomic E-state index is 12.0. The molecule has 0 aliphatic carbocycles. The van der Waals surface area contributed by atoms with Crippen LogP contribution in [0.25, 0.3) is 0 Å². The van der Waals surface area contributed by atoms with E-state index < -0.39 is 0 Å². The highest BCUT2D eigenvalue weighted by Gasteiger charge is 2.21. The van der Waals surface area contributed by atoms with Crippen LogP contribution >= 0.6 is 12.4 Å². The number of amides is 1. The van der Waals surface area contributed by atoms with Crippen molar-refractivity contribution in [3.63, 3.8) is 0 Å². The molecule has 1 heterocycles. The number of carbonyl (C=O) groups is 1. The van der Waals surface area contributed by atoms with Crippen LogP contribution in [-0.2, 0) is 11.4 Å². The number of para-hydroxylation sites is 1. The lowest BCUT2D eigenvalue weighted by molar-refractivity contribution is -0.117. The molecule has 23 heavy (non-hydrogen) atoms. The van der Waals surface area contributed by atoms with E-state index in [2.05, 4.69) is 10.6 Å². The zero-order valence-electron chi connectivity index (χ0n) is 12.8. The third-order valence-corrected chi connectivity index (χ3v) is 3.75. The lowest BCUT2D eigenvalue weighted by Crippen LogP contribution is -2.35. The van der Waals surface area contributed by atoms with E-state index in [-0.39, 0.29) is 24.4 Å². The molecule has 0 spiro atoms. The van der Waals surface area contributed by atoms with Gasteiger partial charge in [-0.1, -0.05) is 30.3 Å². The van der Waals surface area contributed by atoms with Crippen LogP contribution in [0.1, 0.15) is 18.4 Å². The Kier molecular flexibility index (Phi) is 6.44. The minimum Gasteiger partial charge on any atom is -0.489 e. The minimum absolute atomic E-state index is 0. The van der Waals surface area contributed by atoms with Crippen molar-refractivity contribution in [2.45, 2.75) is 25.5 Å². The fourth-order valence-corrected chi connectivity index (χ4v) is 2.51. The van der Waals surface area contributed by atoms with Crippen LogP contribution in [-0.4, -0.2) is 18.5 Å². The van der Waals surface area contributed by atoms with Gasteiger partial charge in [0, 0.05) is 5.69 Å². The summed E-state index contributed by atoms with van der Waals surface area (Å²) in [7, 11) is 0. The SMILES string of the molecule is Cl.O=C(Nc1ccc(COc2ccccc2)cc1)C1CCCN1. The summed E-state index contributed by atoms with van der Waals surface area (Å²) in [6.45, 7) is 1.44. The van der Waals surface area contributed by atoms with E-state index in [1.54, 1.807) is 0 Å². The topological polar surface area (TPSA) is 50.4 Å². The Labute approximate surface area is 142 Å². The molecule has 0 aromatic heterocycles. The largest absolute Gasteiger partial charge is 0.489 e. The number of benzene rings is 2. The maximum Gasteiger partial charge on any atom is 0.241 e. The number of hydrogen-bond acceptors (Lipinski definition) is 3. The molecule has 3 rings (SSSR count). The first-order valence-corrected chi connectivity index (χ1v) is 7.62. The summed E-state index contributed by atoms with van der Waals surface area (Å²) in [5, 5.41) is 6.14. The Morgan fingerprint density at radius 1 is 1.13 bits per heavy atom. The Morgan fingerprint density at radius 2 is 1.87 bits per heavy atom. The standard InChI is InChI=1S/C18H20N2O2.ClH/c21-18(17-7-4-12-19-17)20-15-10-8-14(9-11-15)13-22-16-5-2-1-3-6-16;/h1-3,5-6,8-11,17,19H,4,7,12-13H2,(H,20,21);1H. The predicted molar refractivity (Wildman–Crippen MR) is 94.1 cm³/mol. The fraction of sp³-hybridized carbons (Fsp3) is 0.278. The zero-order chi connectivity index (χ0) is 15.2. The molecule has 0 bridgehead atoms. The van der Waals surface area contributed by atoms with E-state index in [1.807, 2.05) is 54.6 Å². The molecule has 5 heteroatoms. The zero-order valence-corrected chi connectivity index (χ0v) is 13.6. The number of anilines is 1. The van der Waals surface area contributed by atoms with E-state index in [4.69, 9.17) is 4.74 Å². The molecule has 1 atom stereocenters. The van der Waals surface area contributed by atoms with Gasteiger partial charge < -0.3 is 15.4 Å². The minimum atomic E-state index is -0.0545. The van der Waals surface area contributed by atoms with E-state index in [1.165, 1.54) is 0 Å². The van der Waals surface area contributed by atoms with Crippen molar-refractivity contribution in [2.24, 2.45) is 0 Å². The van der Waals surface area contributed by atoms with Crippen LogP contribution in [0, 0.1) is 0 Å². The number of halogens is 1. The van der Waals surface area contributed by atoms with Crippen molar-refractivity contribution in [2.75, 3.05) is 11.9 Å². The van der Waals surface area contributed by atoms with Crippen molar-refractivity contribution >= 4 is 24.0 Å². The summed E-state index contributed by atoms with van der Waals surface area (Å²) in [4.78, 5) is 12.0. The molecule has 122 valence electrons. The number of rotatable bonds is 5. The van der Waals surface area contributed by atoms with Crippen molar-refractivity contribution < 1.29 is 9.53 Å². The summed E-state index contributed by atoms with van der Waals surface area (Å²) in [6.07, 6.45) is 1.97. The molecule has 0 radical (unpaired) electrons. The monoisotopic (exact) mass is 332 g/mol. The van der Waals surface area contributed by atoms with Crippen molar-refractivity contribution in [3.05, 3.63) is 60.2 Å². The van der Waals surface area contributed by atoms with Crippen molar-refractivity contribution in [1.29, 1.82) is 0 Å². The average Bonchev–Trinajstić information content (AvgIpc) is 3.10. The summed E-state index contributed by atoms with van der Waals surface area (Å²) in [6, 6.07) is 17.4. The second kappa shape index (κ2) is 8.56. The van der Waals surface area contributed by atoms with Crippen LogP contribution < -0.4 is 15.4 Å². The first-order chi connectivity index (χ1) is 10.8. The predicted octanol–water partition coefficient (Wildman–Crippen LogP) is 3.38. The number of ether oxygens (including phenoxy) is 1. The van der Waals surface area contributed by atoms with Crippen LogP contribution in [0.4, 0.5) is 5.69 Å². The van der Waals surface area contributed by atoms with Gasteiger partial charge in [-0.05, 0) is 49.2 Å². The molecule has 1 fully saturated rings. The molecule has 1 aliphatic heterocycles. The molecule has 4 nitrogen and oxygen atoms in total. The molecule has 2 aromatic carbocycles. The van der Waals surface area contributed by atoms with Crippen LogP contribution in [0.2, 0.25) is 0 Å². The van der Waals surface area contributed by atoms with Crippen LogP contribution in [0.5, 0.6) is 5.75 Å². The second-order valence-corrected chi connectivity index (χ2v) is 5.44. The molecule has 1 saturated heterocycles. The number of nitrogens with one attached hydrogen (secondary N) is 2. The first kappa shape index (κ1) is 17.3. The highest BCUT2D eigenvalue weighted by molar-refractivity contribution is 5.95. The summed E-state index contributed by atoms with van der Waals surface area (Å²) < 4.78 is 5.70. The van der Waals surface area contributed by atoms with Crippen molar-refractivity contribution in [3.8, 4) is 5.75 Å². The molecular weight excluding hydrogens is 312 g/mol. The van der Waals surface area contributed by atoms with E-state index >= 15 is 0 Å². The van der Waals surface area contributed by atoms with Gasteiger partial charge in [0.05, 0.1) is 6.04 Å². The highest BCUT2D eigenvalue weighted by atomic mass is 35.5. The Hall–Kier alpha value is -2.04. The fourth-order valence-electron chi connectivity index (χ4n) is 2.51. The van der Waals surface area contributed by atoms with Gasteiger partial charge >= 0.3 is 0 Å².